The number of anilines is 1. The molecule has 3 N–H and O–H groups in total. The molecule has 0 aliphatic carbocycles. The molecular weight excluding hydrogens is 289 g/mol. The van der Waals surface area contributed by atoms with Gasteiger partial charge >= 0.3 is 0 Å². The number of amides is 1. The van der Waals surface area contributed by atoms with Crippen molar-refractivity contribution in [2.45, 2.75) is 0 Å². The third-order valence-corrected chi connectivity index (χ3v) is 3.18. The van der Waals surface area contributed by atoms with Gasteiger partial charge in [0.15, 0.2) is 11.5 Å². The number of hydrogen-bond acceptors (Lipinski definition) is 3. The molecule has 0 radical (unpaired) electrons. The molecule has 1 amide bonds. The Kier molecular flexibility index (Phi) is 3.83. The van der Waals surface area contributed by atoms with Crippen molar-refractivity contribution in [2.75, 3.05) is 5.32 Å². The van der Waals surface area contributed by atoms with Crippen LogP contribution in [0.4, 0.5) is 5.69 Å². The molecule has 0 atom stereocenters. The number of benzene rings is 2. The highest BCUT2D eigenvalue weighted by atomic mass is 35.5. The topological polar surface area (TPSA) is 69.6 Å². The number of halogens is 2. The van der Waals surface area contributed by atoms with Gasteiger partial charge in [-0.25, -0.2) is 0 Å². The molecule has 98 valence electrons. The quantitative estimate of drug-likeness (QED) is 0.741. The second-order valence-corrected chi connectivity index (χ2v) is 4.57. The first-order chi connectivity index (χ1) is 8.99. The van der Waals surface area contributed by atoms with Crippen LogP contribution in [0.15, 0.2) is 36.4 Å². The predicted molar refractivity (Wildman–Crippen MR) is 74.2 cm³/mol. The van der Waals surface area contributed by atoms with Gasteiger partial charge in [-0.05, 0) is 30.3 Å². The molecule has 0 aliphatic rings. The van der Waals surface area contributed by atoms with Crippen LogP contribution in [0.5, 0.6) is 11.5 Å². The van der Waals surface area contributed by atoms with Crippen LogP contribution in [0.25, 0.3) is 0 Å². The molecule has 0 unspecified atom stereocenters. The molecule has 2 rings (SSSR count). The molecule has 0 aliphatic heterocycles. The molecule has 4 nitrogen and oxygen atoms in total. The van der Waals surface area contributed by atoms with E-state index in [0.717, 1.165) is 0 Å². The maximum Gasteiger partial charge on any atom is 0.259 e. The first-order valence-electron chi connectivity index (χ1n) is 5.26. The largest absolute Gasteiger partial charge is 0.504 e. The van der Waals surface area contributed by atoms with E-state index in [9.17, 15) is 15.0 Å². The zero-order chi connectivity index (χ0) is 14.0. The van der Waals surface area contributed by atoms with Crippen LogP contribution < -0.4 is 5.32 Å². The van der Waals surface area contributed by atoms with E-state index in [0.29, 0.717) is 15.7 Å². The van der Waals surface area contributed by atoms with Crippen molar-refractivity contribution < 1.29 is 15.0 Å². The van der Waals surface area contributed by atoms with Crippen molar-refractivity contribution >= 4 is 34.8 Å². The third kappa shape index (κ3) is 2.92. The third-order valence-electron chi connectivity index (χ3n) is 2.44. The van der Waals surface area contributed by atoms with E-state index in [2.05, 4.69) is 5.32 Å². The van der Waals surface area contributed by atoms with Crippen LogP contribution in [-0.2, 0) is 0 Å². The maximum atomic E-state index is 11.9. The van der Waals surface area contributed by atoms with Crippen LogP contribution in [0.3, 0.4) is 0 Å². The molecule has 19 heavy (non-hydrogen) atoms. The molecule has 0 saturated carbocycles. The van der Waals surface area contributed by atoms with Crippen LogP contribution in [0, 0.1) is 0 Å². The second-order valence-electron chi connectivity index (χ2n) is 3.76. The lowest BCUT2D eigenvalue weighted by molar-refractivity contribution is 0.102. The van der Waals surface area contributed by atoms with Crippen molar-refractivity contribution in [1.82, 2.24) is 0 Å². The van der Waals surface area contributed by atoms with Gasteiger partial charge in [-0.3, -0.25) is 4.79 Å². The number of hydrogen-bond donors (Lipinski definition) is 3. The lowest BCUT2D eigenvalue weighted by Gasteiger charge is -2.08. The highest BCUT2D eigenvalue weighted by molar-refractivity contribution is 6.42. The molecular formula is C13H9Cl2NO3. The Hall–Kier alpha value is -1.91. The Morgan fingerprint density at radius 2 is 1.79 bits per heavy atom. The Labute approximate surface area is 119 Å². The van der Waals surface area contributed by atoms with Crippen molar-refractivity contribution in [2.24, 2.45) is 0 Å². The summed E-state index contributed by atoms with van der Waals surface area (Å²) < 4.78 is 0. The van der Waals surface area contributed by atoms with Gasteiger partial charge < -0.3 is 15.5 Å². The summed E-state index contributed by atoms with van der Waals surface area (Å²) in [6.07, 6.45) is 0. The number of aromatic hydroxyl groups is 2. The maximum absolute atomic E-state index is 11.9. The van der Waals surface area contributed by atoms with Crippen LogP contribution in [0.2, 0.25) is 10.0 Å². The van der Waals surface area contributed by atoms with Gasteiger partial charge in [0, 0.05) is 5.69 Å². The summed E-state index contributed by atoms with van der Waals surface area (Å²) in [7, 11) is 0. The minimum atomic E-state index is -0.563. The SMILES string of the molecule is O=C(Nc1ccc(Cl)c(Cl)c1)c1cccc(O)c1O. The Morgan fingerprint density at radius 3 is 2.47 bits per heavy atom. The summed E-state index contributed by atoms with van der Waals surface area (Å²) in [6.45, 7) is 0. The lowest BCUT2D eigenvalue weighted by atomic mass is 10.1. The highest BCUT2D eigenvalue weighted by Gasteiger charge is 2.14. The van der Waals surface area contributed by atoms with Crippen molar-refractivity contribution in [3.05, 3.63) is 52.0 Å². The molecule has 0 heterocycles. The molecule has 2 aromatic carbocycles. The average Bonchev–Trinajstić information content (AvgIpc) is 2.37. The van der Waals surface area contributed by atoms with Crippen molar-refractivity contribution in [1.29, 1.82) is 0 Å². The Balaban J connectivity index is 2.26. The average molecular weight is 298 g/mol. The van der Waals surface area contributed by atoms with E-state index in [4.69, 9.17) is 23.2 Å². The molecule has 6 heteroatoms. The van der Waals surface area contributed by atoms with E-state index < -0.39 is 11.7 Å². The van der Waals surface area contributed by atoms with Gasteiger partial charge in [-0.1, -0.05) is 29.3 Å². The smallest absolute Gasteiger partial charge is 0.259 e. The van der Waals surface area contributed by atoms with Gasteiger partial charge in [0.1, 0.15) is 0 Å². The van der Waals surface area contributed by atoms with Crippen LogP contribution >= 0.6 is 23.2 Å². The minimum Gasteiger partial charge on any atom is -0.504 e. The van der Waals surface area contributed by atoms with E-state index in [-0.39, 0.29) is 11.3 Å². The number of phenols is 2. The Morgan fingerprint density at radius 1 is 1.05 bits per heavy atom. The number of rotatable bonds is 2. The van der Waals surface area contributed by atoms with Gasteiger partial charge in [-0.2, -0.15) is 0 Å². The molecule has 2 aromatic rings. The van der Waals surface area contributed by atoms with Gasteiger partial charge in [0.25, 0.3) is 5.91 Å². The van der Waals surface area contributed by atoms with E-state index in [1.165, 1.54) is 24.3 Å². The molecule has 0 spiro atoms. The zero-order valence-electron chi connectivity index (χ0n) is 9.52. The Bertz CT molecular complexity index is 644. The first-order valence-corrected chi connectivity index (χ1v) is 6.02. The van der Waals surface area contributed by atoms with Crippen LogP contribution in [0.1, 0.15) is 10.4 Å². The summed E-state index contributed by atoms with van der Waals surface area (Å²) in [6, 6.07) is 8.74. The summed E-state index contributed by atoms with van der Waals surface area (Å²) in [4.78, 5) is 11.9. The standard InChI is InChI=1S/C13H9Cl2NO3/c14-9-5-4-7(6-10(9)15)16-13(19)8-2-1-3-11(17)12(8)18/h1-6,17-18H,(H,16,19). The lowest BCUT2D eigenvalue weighted by Crippen LogP contribution is -2.12. The minimum absolute atomic E-state index is 0.0360. The normalized spacial score (nSPS) is 10.2. The number of phenolic OH excluding ortho intramolecular Hbond substituents is 2. The van der Waals surface area contributed by atoms with Gasteiger partial charge in [0.05, 0.1) is 15.6 Å². The zero-order valence-corrected chi connectivity index (χ0v) is 11.0. The summed E-state index contributed by atoms with van der Waals surface area (Å²) >= 11 is 11.6. The summed E-state index contributed by atoms with van der Waals surface area (Å²) in [5.41, 5.74) is 0.396. The van der Waals surface area contributed by atoms with Gasteiger partial charge in [0.2, 0.25) is 0 Å². The monoisotopic (exact) mass is 297 g/mol. The number of carbonyl (C=O) groups is 1. The van der Waals surface area contributed by atoms with Gasteiger partial charge in [-0.15, -0.1) is 0 Å². The fraction of sp³-hybridized carbons (Fsp3) is 0. The first kappa shape index (κ1) is 13.5. The van der Waals surface area contributed by atoms with Crippen LogP contribution in [-0.4, -0.2) is 16.1 Å². The fourth-order valence-corrected chi connectivity index (χ4v) is 1.78. The van der Waals surface area contributed by atoms with E-state index >= 15 is 0 Å². The fourth-order valence-electron chi connectivity index (χ4n) is 1.49. The number of nitrogens with one attached hydrogen (secondary N) is 1. The molecule has 0 bridgehead atoms. The van der Waals surface area contributed by atoms with E-state index in [1.54, 1.807) is 12.1 Å². The molecule has 0 aromatic heterocycles. The summed E-state index contributed by atoms with van der Waals surface area (Å²) in [5, 5.41) is 22.1. The highest BCUT2D eigenvalue weighted by Crippen LogP contribution is 2.29. The van der Waals surface area contributed by atoms with Crippen molar-refractivity contribution in [3.63, 3.8) is 0 Å². The second kappa shape index (κ2) is 5.38. The molecule has 0 fully saturated rings. The molecule has 0 saturated heterocycles. The predicted octanol–water partition coefficient (Wildman–Crippen LogP) is 3.66. The van der Waals surface area contributed by atoms with E-state index in [1.807, 2.05) is 0 Å². The number of carbonyl (C=O) groups excluding carboxylic acids is 1. The van der Waals surface area contributed by atoms with Crippen molar-refractivity contribution in [3.8, 4) is 11.5 Å². The number of para-hydroxylation sites is 1. The summed E-state index contributed by atoms with van der Waals surface area (Å²) in [5.74, 6) is -1.39.